The molecule has 10 heteroatoms. The van der Waals surface area contributed by atoms with E-state index in [1.54, 1.807) is 0 Å². The fraction of sp³-hybridized carbons (Fsp3) is 0.983. The van der Waals surface area contributed by atoms with Crippen LogP contribution in [-0.4, -0.2) is 84.6 Å². The van der Waals surface area contributed by atoms with Crippen molar-refractivity contribution in [1.82, 2.24) is 5.32 Å². The monoisotopic (exact) mass is 1020 g/mol. The number of hydrogen-bond acceptors (Lipinski definition) is 6. The maximum atomic E-state index is 13.0. The number of nitrogens with zero attached hydrogens (tertiary/aromatic N) is 1. The third-order valence-electron chi connectivity index (χ3n) is 14.7. The Labute approximate surface area is 436 Å². The quantitative estimate of drug-likeness (QED) is 0.0272. The number of unbranched alkanes of at least 4 members (excludes halogenated alkanes) is 44. The maximum Gasteiger partial charge on any atom is 0.472 e. The predicted octanol–water partition coefficient (Wildman–Crippen LogP) is 17.8. The lowest BCUT2D eigenvalue weighted by atomic mass is 9.99. The van der Waals surface area contributed by atoms with Crippen LogP contribution in [0.15, 0.2) is 0 Å². The molecule has 0 aromatic rings. The van der Waals surface area contributed by atoms with Crippen LogP contribution in [0.25, 0.3) is 0 Å². The van der Waals surface area contributed by atoms with Crippen LogP contribution in [0.2, 0.25) is 0 Å². The Bertz CT molecular complexity index is 1120. The molecule has 0 heterocycles. The van der Waals surface area contributed by atoms with Gasteiger partial charge in [-0.15, -0.1) is 0 Å². The molecule has 0 aliphatic heterocycles. The topological polar surface area (TPSA) is 125 Å². The van der Waals surface area contributed by atoms with Crippen molar-refractivity contribution in [2.45, 2.75) is 340 Å². The highest BCUT2D eigenvalue weighted by molar-refractivity contribution is 7.47. The van der Waals surface area contributed by atoms with Crippen molar-refractivity contribution in [2.75, 3.05) is 40.9 Å². The van der Waals surface area contributed by atoms with Crippen molar-refractivity contribution >= 4 is 13.7 Å². The number of quaternary nitrogens is 1. The molecule has 4 unspecified atom stereocenters. The maximum absolute atomic E-state index is 13.0. The Balaban J connectivity index is 3.96. The molecule has 0 spiro atoms. The summed E-state index contributed by atoms with van der Waals surface area (Å²) in [5.74, 6) is -0.250. The highest BCUT2D eigenvalue weighted by Gasteiger charge is 2.32. The van der Waals surface area contributed by atoms with E-state index in [-0.39, 0.29) is 12.5 Å². The first-order valence-corrected chi connectivity index (χ1v) is 32.5. The number of amides is 1. The number of carbonyl (C=O) groups is 1. The van der Waals surface area contributed by atoms with E-state index in [1.807, 2.05) is 21.1 Å². The molecule has 0 aliphatic rings. The molecule has 9 nitrogen and oxygen atoms in total. The summed E-state index contributed by atoms with van der Waals surface area (Å²) in [5.41, 5.74) is 0. The van der Waals surface area contributed by atoms with E-state index in [0.717, 1.165) is 38.5 Å². The van der Waals surface area contributed by atoms with Gasteiger partial charge in [-0.2, -0.15) is 0 Å². The van der Waals surface area contributed by atoms with Crippen molar-refractivity contribution in [3.8, 4) is 0 Å². The molecule has 420 valence electrons. The van der Waals surface area contributed by atoms with Crippen LogP contribution >= 0.6 is 7.82 Å². The molecule has 0 aromatic heterocycles. The highest BCUT2D eigenvalue weighted by atomic mass is 31.2. The van der Waals surface area contributed by atoms with Gasteiger partial charge in [0, 0.05) is 6.42 Å². The minimum atomic E-state index is -4.42. The molecule has 0 bridgehead atoms. The van der Waals surface area contributed by atoms with Crippen LogP contribution in [0.3, 0.4) is 0 Å². The lowest BCUT2D eigenvalue weighted by molar-refractivity contribution is -0.870. The van der Waals surface area contributed by atoms with Gasteiger partial charge < -0.3 is 24.9 Å². The third kappa shape index (κ3) is 52.3. The van der Waals surface area contributed by atoms with Gasteiger partial charge in [-0.25, -0.2) is 4.57 Å². The van der Waals surface area contributed by atoms with E-state index in [9.17, 15) is 24.5 Å². The minimum Gasteiger partial charge on any atom is -0.390 e. The Hall–Kier alpha value is -0.540. The first kappa shape index (κ1) is 69.5. The summed E-state index contributed by atoms with van der Waals surface area (Å²) in [7, 11) is 1.45. The molecule has 0 fully saturated rings. The summed E-state index contributed by atoms with van der Waals surface area (Å²) in [6.45, 7) is 4.65. The smallest absolute Gasteiger partial charge is 0.390 e. The lowest BCUT2D eigenvalue weighted by Crippen LogP contribution is -2.51. The van der Waals surface area contributed by atoms with Crippen LogP contribution in [0, 0.1) is 0 Å². The average molecular weight is 1020 g/mol. The number of nitrogens with one attached hydrogen (secondary N) is 1. The molecule has 70 heavy (non-hydrogen) atoms. The van der Waals surface area contributed by atoms with E-state index in [0.29, 0.717) is 23.9 Å². The second-order valence-electron chi connectivity index (χ2n) is 22.9. The number of rotatable bonds is 58. The van der Waals surface area contributed by atoms with Gasteiger partial charge in [-0.3, -0.25) is 13.8 Å². The van der Waals surface area contributed by atoms with Crippen molar-refractivity contribution in [3.05, 3.63) is 0 Å². The second kappa shape index (κ2) is 51.9. The number of phosphoric ester groups is 1. The number of carbonyl (C=O) groups excluding carboxylic acids is 1. The fourth-order valence-corrected chi connectivity index (χ4v) is 10.5. The van der Waals surface area contributed by atoms with Crippen LogP contribution < -0.4 is 5.32 Å². The summed E-state index contributed by atoms with van der Waals surface area (Å²) in [6.07, 6.45) is 59.3. The second-order valence-corrected chi connectivity index (χ2v) is 24.4. The summed E-state index contributed by atoms with van der Waals surface area (Å²) in [6, 6.07) is -1.03. The van der Waals surface area contributed by atoms with Crippen LogP contribution in [0.5, 0.6) is 0 Å². The fourth-order valence-electron chi connectivity index (χ4n) is 9.80. The predicted molar refractivity (Wildman–Crippen MR) is 302 cm³/mol. The van der Waals surface area contributed by atoms with Crippen molar-refractivity contribution < 1.29 is 38.0 Å². The first-order valence-electron chi connectivity index (χ1n) is 31.0. The Kier molecular flexibility index (Phi) is 51.5. The number of aliphatic hydroxyl groups is 2. The molecule has 4 N–H and O–H groups in total. The van der Waals surface area contributed by atoms with Gasteiger partial charge in [-0.05, 0) is 12.8 Å². The van der Waals surface area contributed by atoms with Crippen molar-refractivity contribution in [3.63, 3.8) is 0 Å². The van der Waals surface area contributed by atoms with Crippen LogP contribution in [0.1, 0.15) is 322 Å². The Morgan fingerprint density at radius 1 is 0.443 bits per heavy atom. The van der Waals surface area contributed by atoms with Gasteiger partial charge in [0.1, 0.15) is 19.3 Å². The summed E-state index contributed by atoms with van der Waals surface area (Å²) < 4.78 is 23.6. The number of likely N-dealkylation sites (N-methyl/N-ethyl adjacent to an activating group) is 1. The van der Waals surface area contributed by atoms with Crippen LogP contribution in [-0.2, 0) is 18.4 Å². The molecular weight excluding hydrogens is 892 g/mol. The molecule has 0 rings (SSSR count). The molecule has 1 amide bonds. The van der Waals surface area contributed by atoms with E-state index in [2.05, 4.69) is 19.2 Å². The van der Waals surface area contributed by atoms with E-state index < -0.39 is 32.7 Å². The largest absolute Gasteiger partial charge is 0.472 e. The van der Waals surface area contributed by atoms with E-state index >= 15 is 0 Å². The normalized spacial score (nSPS) is 14.2. The van der Waals surface area contributed by atoms with Gasteiger partial charge in [-0.1, -0.05) is 303 Å². The lowest BCUT2D eigenvalue weighted by Gasteiger charge is -2.28. The summed E-state index contributed by atoms with van der Waals surface area (Å²) >= 11 is 0. The standard InChI is InChI=1S/C60H123N2O7P/c1-6-8-10-12-14-16-18-20-21-22-23-24-25-26-27-28-29-30-31-32-33-34-35-36-37-38-39-40-41-43-45-47-49-51-53-59(64)61-57(56-69-70(66,67)68-55-54-62(3,4)5)60(65)58(63)52-50-48-46-44-42-19-17-15-13-11-9-7-2/h57-58,60,63,65H,6-56H2,1-5H3,(H-,61,64,66,67)/p+1. The number of aliphatic hydroxyl groups excluding tert-OH is 2. The molecule has 0 aliphatic carbocycles. The third-order valence-corrected chi connectivity index (χ3v) is 15.7. The van der Waals surface area contributed by atoms with Crippen molar-refractivity contribution in [1.29, 1.82) is 0 Å². The minimum absolute atomic E-state index is 0.0260. The SMILES string of the molecule is CCCCCCCCCCCCCCCCCCCCCCCCCCCCCCCCCCCCC(=O)NC(COP(=O)(O)OCC[N+](C)(C)C)C(O)C(O)CCCCCCCCCCCCCC. The van der Waals surface area contributed by atoms with Crippen molar-refractivity contribution in [2.24, 2.45) is 0 Å². The van der Waals surface area contributed by atoms with Gasteiger partial charge in [0.05, 0.1) is 39.9 Å². The molecular formula is C60H124N2O7P+. The zero-order valence-electron chi connectivity index (χ0n) is 47.7. The zero-order chi connectivity index (χ0) is 51.5. The molecule has 4 atom stereocenters. The number of hydrogen-bond donors (Lipinski definition) is 4. The molecule has 0 radical (unpaired) electrons. The average Bonchev–Trinajstić information content (AvgIpc) is 3.32. The van der Waals surface area contributed by atoms with E-state index in [1.165, 1.54) is 257 Å². The zero-order valence-corrected chi connectivity index (χ0v) is 48.6. The van der Waals surface area contributed by atoms with Crippen LogP contribution in [0.4, 0.5) is 0 Å². The van der Waals surface area contributed by atoms with Gasteiger partial charge in [0.15, 0.2) is 0 Å². The summed E-state index contributed by atoms with van der Waals surface area (Å²) in [5, 5.41) is 24.8. The summed E-state index contributed by atoms with van der Waals surface area (Å²) in [4.78, 5) is 23.3. The highest BCUT2D eigenvalue weighted by Crippen LogP contribution is 2.43. The van der Waals surface area contributed by atoms with E-state index in [4.69, 9.17) is 9.05 Å². The molecule has 0 aromatic carbocycles. The Morgan fingerprint density at radius 2 is 0.714 bits per heavy atom. The Morgan fingerprint density at radius 3 is 1.00 bits per heavy atom. The van der Waals surface area contributed by atoms with Gasteiger partial charge >= 0.3 is 7.82 Å². The van der Waals surface area contributed by atoms with Gasteiger partial charge in [0.25, 0.3) is 0 Å². The first-order chi connectivity index (χ1) is 33.9. The molecule has 0 saturated heterocycles. The molecule has 0 saturated carbocycles. The number of phosphoric acid groups is 1. The van der Waals surface area contributed by atoms with Gasteiger partial charge in [0.2, 0.25) is 5.91 Å².